The van der Waals surface area contributed by atoms with Crippen molar-refractivity contribution in [2.24, 2.45) is 0 Å². The van der Waals surface area contributed by atoms with Crippen LogP contribution >= 0.6 is 0 Å². The molecule has 3 rings (SSSR count). The molecule has 1 atom stereocenters. The molecule has 2 nitrogen and oxygen atoms in total. The third-order valence-electron chi connectivity index (χ3n) is 3.70. The number of aromatic nitrogens is 1. The fraction of sp³-hybridized carbons (Fsp3) is 0.312. The number of aryl methyl sites for hydroxylation is 1. The van der Waals surface area contributed by atoms with Crippen LogP contribution in [-0.4, -0.2) is 11.5 Å². The molecule has 0 radical (unpaired) electrons. The summed E-state index contributed by atoms with van der Waals surface area (Å²) in [7, 11) is 0. The highest BCUT2D eigenvalue weighted by atomic mass is 19.1. The van der Waals surface area contributed by atoms with Crippen LogP contribution in [0.2, 0.25) is 0 Å². The Morgan fingerprint density at radius 2 is 2.11 bits per heavy atom. The smallest absolute Gasteiger partial charge is 0.126 e. The summed E-state index contributed by atoms with van der Waals surface area (Å²) < 4.78 is 13.5. The van der Waals surface area contributed by atoms with Gasteiger partial charge in [-0.05, 0) is 49.1 Å². The Hall–Kier alpha value is -1.74. The Bertz CT molecular complexity index is 568. The van der Waals surface area contributed by atoms with Gasteiger partial charge in [0.1, 0.15) is 5.82 Å². The van der Waals surface area contributed by atoms with Crippen LogP contribution in [0, 0.1) is 5.82 Å². The molecule has 1 unspecified atom stereocenters. The van der Waals surface area contributed by atoms with Crippen molar-refractivity contribution in [1.29, 1.82) is 0 Å². The molecule has 3 heteroatoms. The predicted octanol–water partition coefficient (Wildman–Crippen LogP) is 3.04. The second-order valence-corrected chi connectivity index (χ2v) is 4.93. The summed E-state index contributed by atoms with van der Waals surface area (Å²) in [6.07, 6.45) is 4.73. The minimum absolute atomic E-state index is 0.116. The maximum atomic E-state index is 13.5. The first-order valence-electron chi connectivity index (χ1n) is 6.75. The molecular formula is C16H17FN2. The van der Waals surface area contributed by atoms with Crippen LogP contribution in [0.15, 0.2) is 42.6 Å². The minimum atomic E-state index is -0.116. The zero-order valence-electron chi connectivity index (χ0n) is 10.8. The average molecular weight is 256 g/mol. The lowest BCUT2D eigenvalue weighted by atomic mass is 10.1. The summed E-state index contributed by atoms with van der Waals surface area (Å²) in [6, 6.07) is 11.4. The van der Waals surface area contributed by atoms with Crippen LogP contribution in [0.3, 0.4) is 0 Å². The molecule has 0 bridgehead atoms. The van der Waals surface area contributed by atoms with Gasteiger partial charge in [0.2, 0.25) is 0 Å². The second kappa shape index (κ2) is 5.49. The molecule has 0 saturated heterocycles. The highest BCUT2D eigenvalue weighted by molar-refractivity contribution is 5.28. The Labute approximate surface area is 112 Å². The fourth-order valence-electron chi connectivity index (χ4n) is 2.69. The maximum Gasteiger partial charge on any atom is 0.126 e. The van der Waals surface area contributed by atoms with Crippen molar-refractivity contribution in [3.63, 3.8) is 0 Å². The molecule has 2 aromatic rings. The summed E-state index contributed by atoms with van der Waals surface area (Å²) >= 11 is 0. The maximum absolute atomic E-state index is 13.5. The van der Waals surface area contributed by atoms with Crippen molar-refractivity contribution >= 4 is 0 Å². The summed E-state index contributed by atoms with van der Waals surface area (Å²) in [5.41, 5.74) is 3.27. The van der Waals surface area contributed by atoms with E-state index in [-0.39, 0.29) is 5.82 Å². The average Bonchev–Trinajstić information content (AvgIpc) is 2.85. The Morgan fingerprint density at radius 1 is 1.21 bits per heavy atom. The molecular weight excluding hydrogens is 239 g/mol. The SMILES string of the molecule is Fc1ccccc1CCNC1CCc2cccnc21. The third-order valence-corrected chi connectivity index (χ3v) is 3.70. The third kappa shape index (κ3) is 2.66. The minimum Gasteiger partial charge on any atom is -0.308 e. The van der Waals surface area contributed by atoms with Gasteiger partial charge in [-0.25, -0.2) is 4.39 Å². The normalized spacial score (nSPS) is 17.4. The van der Waals surface area contributed by atoms with Crippen molar-refractivity contribution in [3.8, 4) is 0 Å². The van der Waals surface area contributed by atoms with Gasteiger partial charge in [0.05, 0.1) is 11.7 Å². The standard InChI is InChI=1S/C16H17FN2/c17-14-6-2-1-4-12(14)9-11-18-15-8-7-13-5-3-10-19-16(13)15/h1-6,10,15,18H,7-9,11H2. The lowest BCUT2D eigenvalue weighted by Gasteiger charge is -2.13. The molecule has 0 fully saturated rings. The van der Waals surface area contributed by atoms with Crippen LogP contribution in [0.1, 0.15) is 29.3 Å². The van der Waals surface area contributed by atoms with Crippen LogP contribution in [0.5, 0.6) is 0 Å². The molecule has 0 spiro atoms. The molecule has 0 saturated carbocycles. The topological polar surface area (TPSA) is 24.9 Å². The molecule has 1 aromatic carbocycles. The number of hydrogen-bond acceptors (Lipinski definition) is 2. The first-order chi connectivity index (χ1) is 9.34. The monoisotopic (exact) mass is 256 g/mol. The van der Waals surface area contributed by atoms with E-state index in [1.165, 1.54) is 11.6 Å². The summed E-state index contributed by atoms with van der Waals surface area (Å²) in [6.45, 7) is 0.779. The first kappa shape index (κ1) is 12.3. The first-order valence-corrected chi connectivity index (χ1v) is 6.75. The fourth-order valence-corrected chi connectivity index (χ4v) is 2.69. The second-order valence-electron chi connectivity index (χ2n) is 4.93. The van der Waals surface area contributed by atoms with E-state index >= 15 is 0 Å². The van der Waals surface area contributed by atoms with Crippen LogP contribution in [0.25, 0.3) is 0 Å². The largest absolute Gasteiger partial charge is 0.308 e. The van der Waals surface area contributed by atoms with Gasteiger partial charge in [0, 0.05) is 6.20 Å². The lowest BCUT2D eigenvalue weighted by Crippen LogP contribution is -2.22. The molecule has 0 aliphatic heterocycles. The van der Waals surface area contributed by atoms with Gasteiger partial charge in [-0.15, -0.1) is 0 Å². The van der Waals surface area contributed by atoms with Crippen LogP contribution in [-0.2, 0) is 12.8 Å². The highest BCUT2D eigenvalue weighted by Gasteiger charge is 2.22. The van der Waals surface area contributed by atoms with Gasteiger partial charge in [-0.1, -0.05) is 24.3 Å². The van der Waals surface area contributed by atoms with Crippen molar-refractivity contribution in [2.75, 3.05) is 6.54 Å². The van der Waals surface area contributed by atoms with Gasteiger partial charge >= 0.3 is 0 Å². The van der Waals surface area contributed by atoms with Gasteiger partial charge in [-0.3, -0.25) is 4.98 Å². The van der Waals surface area contributed by atoms with Crippen molar-refractivity contribution in [3.05, 3.63) is 65.2 Å². The van der Waals surface area contributed by atoms with Gasteiger partial charge in [-0.2, -0.15) is 0 Å². The zero-order valence-corrected chi connectivity index (χ0v) is 10.8. The Balaban J connectivity index is 1.58. The van der Waals surface area contributed by atoms with E-state index in [0.29, 0.717) is 12.5 Å². The number of halogens is 1. The van der Waals surface area contributed by atoms with Crippen LogP contribution < -0.4 is 5.32 Å². The number of rotatable bonds is 4. The number of pyridine rings is 1. The number of benzene rings is 1. The quantitative estimate of drug-likeness (QED) is 0.909. The lowest BCUT2D eigenvalue weighted by molar-refractivity contribution is 0.518. The summed E-state index contributed by atoms with van der Waals surface area (Å²) in [4.78, 5) is 4.45. The number of hydrogen-bond donors (Lipinski definition) is 1. The van der Waals surface area contributed by atoms with E-state index in [0.717, 1.165) is 30.6 Å². The highest BCUT2D eigenvalue weighted by Crippen LogP contribution is 2.28. The summed E-state index contributed by atoms with van der Waals surface area (Å²) in [5, 5.41) is 3.48. The van der Waals surface area contributed by atoms with Gasteiger partial charge in [0.25, 0.3) is 0 Å². The molecule has 98 valence electrons. The van der Waals surface area contributed by atoms with E-state index in [1.807, 2.05) is 24.4 Å². The van der Waals surface area contributed by atoms with E-state index in [1.54, 1.807) is 6.07 Å². The Morgan fingerprint density at radius 3 is 3.00 bits per heavy atom. The zero-order chi connectivity index (χ0) is 13.1. The molecule has 0 amide bonds. The molecule has 1 heterocycles. The van der Waals surface area contributed by atoms with E-state index in [9.17, 15) is 4.39 Å². The van der Waals surface area contributed by atoms with Crippen molar-refractivity contribution in [2.45, 2.75) is 25.3 Å². The van der Waals surface area contributed by atoms with Crippen molar-refractivity contribution < 1.29 is 4.39 Å². The summed E-state index contributed by atoms with van der Waals surface area (Å²) in [5.74, 6) is -0.116. The Kier molecular flexibility index (Phi) is 3.56. The molecule has 1 N–H and O–H groups in total. The number of fused-ring (bicyclic) bond motifs is 1. The van der Waals surface area contributed by atoms with E-state index < -0.39 is 0 Å². The number of nitrogens with zero attached hydrogens (tertiary/aromatic N) is 1. The molecule has 1 aliphatic carbocycles. The van der Waals surface area contributed by atoms with Crippen LogP contribution in [0.4, 0.5) is 4.39 Å². The van der Waals surface area contributed by atoms with Crippen molar-refractivity contribution in [1.82, 2.24) is 10.3 Å². The molecule has 1 aromatic heterocycles. The molecule has 1 aliphatic rings. The van der Waals surface area contributed by atoms with E-state index in [2.05, 4.69) is 16.4 Å². The molecule has 19 heavy (non-hydrogen) atoms. The predicted molar refractivity (Wildman–Crippen MR) is 73.4 cm³/mol. The van der Waals surface area contributed by atoms with E-state index in [4.69, 9.17) is 0 Å². The van der Waals surface area contributed by atoms with Gasteiger partial charge < -0.3 is 5.32 Å². The van der Waals surface area contributed by atoms with Gasteiger partial charge in [0.15, 0.2) is 0 Å². The number of nitrogens with one attached hydrogen (secondary N) is 1.